The molecule has 17 heavy (non-hydrogen) atoms. The van der Waals surface area contributed by atoms with Crippen LogP contribution < -0.4 is 10.8 Å². The van der Waals surface area contributed by atoms with Crippen molar-refractivity contribution in [3.63, 3.8) is 0 Å². The van der Waals surface area contributed by atoms with E-state index in [4.69, 9.17) is 4.84 Å². The van der Waals surface area contributed by atoms with Gasteiger partial charge >= 0.3 is 0 Å². The minimum Gasteiger partial charge on any atom is -0.298 e. The van der Waals surface area contributed by atoms with Gasteiger partial charge in [0.1, 0.15) is 5.54 Å². The average molecular weight is 238 g/mol. The molecule has 0 saturated heterocycles. The van der Waals surface area contributed by atoms with Crippen LogP contribution in [0.3, 0.4) is 0 Å². The number of nitrogens with one attached hydrogen (secondary N) is 2. The Morgan fingerprint density at radius 2 is 2.12 bits per heavy atom. The van der Waals surface area contributed by atoms with E-state index in [2.05, 4.69) is 38.1 Å². The standard InChI is InChI=1S/C13H22N2O2/c1-5-9-8-13(9,15-12(2,3)4)11(16)14-17-10-6-7-10/h5,9-10,15H,1,6-8H2,2-4H3,(H,14,16)/t9-,13-/m1/s1. The van der Waals surface area contributed by atoms with E-state index in [0.29, 0.717) is 0 Å². The van der Waals surface area contributed by atoms with Crippen LogP contribution in [0.15, 0.2) is 12.7 Å². The van der Waals surface area contributed by atoms with Gasteiger partial charge in [0.2, 0.25) is 0 Å². The molecule has 0 aromatic carbocycles. The Labute approximate surface area is 103 Å². The molecule has 0 aromatic rings. The summed E-state index contributed by atoms with van der Waals surface area (Å²) in [7, 11) is 0. The Hall–Kier alpha value is -0.870. The molecule has 2 aliphatic carbocycles. The summed E-state index contributed by atoms with van der Waals surface area (Å²) in [6.07, 6.45) is 4.96. The maximum Gasteiger partial charge on any atom is 0.264 e. The van der Waals surface area contributed by atoms with Crippen LogP contribution >= 0.6 is 0 Å². The lowest BCUT2D eigenvalue weighted by Gasteiger charge is -2.28. The molecular formula is C13H22N2O2. The van der Waals surface area contributed by atoms with Gasteiger partial charge in [-0.25, -0.2) is 5.48 Å². The van der Waals surface area contributed by atoms with Crippen LogP contribution in [0.25, 0.3) is 0 Å². The predicted octanol–water partition coefficient (Wildman–Crippen LogP) is 1.53. The Bertz CT molecular complexity index is 331. The molecule has 96 valence electrons. The third-order valence-corrected chi connectivity index (χ3v) is 3.15. The first-order chi connectivity index (χ1) is 7.87. The fraction of sp³-hybridized carbons (Fsp3) is 0.769. The largest absolute Gasteiger partial charge is 0.298 e. The van der Waals surface area contributed by atoms with Crippen LogP contribution in [0.1, 0.15) is 40.0 Å². The normalized spacial score (nSPS) is 32.1. The van der Waals surface area contributed by atoms with Crippen molar-refractivity contribution < 1.29 is 9.63 Å². The number of hydrogen-bond acceptors (Lipinski definition) is 3. The van der Waals surface area contributed by atoms with E-state index in [9.17, 15) is 4.79 Å². The molecule has 4 heteroatoms. The van der Waals surface area contributed by atoms with Crippen LogP contribution in [0.4, 0.5) is 0 Å². The highest BCUT2D eigenvalue weighted by atomic mass is 16.7. The topological polar surface area (TPSA) is 50.4 Å². The van der Waals surface area contributed by atoms with Gasteiger partial charge < -0.3 is 0 Å². The highest BCUT2D eigenvalue weighted by Gasteiger charge is 2.60. The van der Waals surface area contributed by atoms with E-state index in [1.165, 1.54) is 0 Å². The Morgan fingerprint density at radius 3 is 2.53 bits per heavy atom. The lowest BCUT2D eigenvalue weighted by Crippen LogP contribution is -2.55. The smallest absolute Gasteiger partial charge is 0.264 e. The van der Waals surface area contributed by atoms with Crippen molar-refractivity contribution >= 4 is 5.91 Å². The van der Waals surface area contributed by atoms with Gasteiger partial charge in [0, 0.05) is 11.5 Å². The van der Waals surface area contributed by atoms with Crippen molar-refractivity contribution in [2.45, 2.75) is 57.2 Å². The number of rotatable bonds is 5. The third-order valence-electron chi connectivity index (χ3n) is 3.15. The SMILES string of the molecule is C=C[C@@H]1C[C@]1(NC(C)(C)C)C(=O)NOC1CC1. The summed E-state index contributed by atoms with van der Waals surface area (Å²) in [4.78, 5) is 17.4. The molecule has 0 heterocycles. The van der Waals surface area contributed by atoms with E-state index < -0.39 is 5.54 Å². The molecule has 2 rings (SSSR count). The van der Waals surface area contributed by atoms with Gasteiger partial charge in [-0.15, -0.1) is 6.58 Å². The molecule has 2 saturated carbocycles. The molecule has 0 bridgehead atoms. The van der Waals surface area contributed by atoms with Crippen molar-refractivity contribution in [2.75, 3.05) is 0 Å². The lowest BCUT2D eigenvalue weighted by molar-refractivity contribution is -0.138. The van der Waals surface area contributed by atoms with E-state index >= 15 is 0 Å². The van der Waals surface area contributed by atoms with Crippen LogP contribution in [0, 0.1) is 5.92 Å². The third kappa shape index (κ3) is 2.87. The fourth-order valence-corrected chi connectivity index (χ4v) is 2.12. The van der Waals surface area contributed by atoms with Gasteiger partial charge in [-0.3, -0.25) is 14.9 Å². The molecule has 4 nitrogen and oxygen atoms in total. The second-order valence-electron chi connectivity index (χ2n) is 6.14. The highest BCUT2D eigenvalue weighted by molar-refractivity contribution is 5.90. The maximum absolute atomic E-state index is 12.2. The van der Waals surface area contributed by atoms with Gasteiger partial charge in [-0.05, 0) is 40.0 Å². The Morgan fingerprint density at radius 1 is 1.47 bits per heavy atom. The fourth-order valence-electron chi connectivity index (χ4n) is 2.12. The summed E-state index contributed by atoms with van der Waals surface area (Å²) in [5.74, 6) is 0.133. The molecular weight excluding hydrogens is 216 g/mol. The van der Waals surface area contributed by atoms with Crippen LogP contribution in [0.5, 0.6) is 0 Å². The summed E-state index contributed by atoms with van der Waals surface area (Å²) in [5, 5.41) is 3.39. The number of hydrogen-bond donors (Lipinski definition) is 2. The molecule has 2 aliphatic rings. The van der Waals surface area contributed by atoms with Gasteiger partial charge in [0.25, 0.3) is 5.91 Å². The lowest BCUT2D eigenvalue weighted by atomic mass is 10.0. The first kappa shape index (κ1) is 12.6. The summed E-state index contributed by atoms with van der Waals surface area (Å²) < 4.78 is 0. The molecule has 0 aliphatic heterocycles. The molecule has 1 amide bonds. The van der Waals surface area contributed by atoms with E-state index in [1.807, 2.05) is 6.08 Å². The Kier molecular flexibility index (Phi) is 3.04. The first-order valence-electron chi connectivity index (χ1n) is 6.25. The van der Waals surface area contributed by atoms with Crippen molar-refractivity contribution in [3.05, 3.63) is 12.7 Å². The highest BCUT2D eigenvalue weighted by Crippen LogP contribution is 2.46. The zero-order valence-corrected chi connectivity index (χ0v) is 10.9. The minimum atomic E-state index is -0.519. The number of hydroxylamine groups is 1. The van der Waals surface area contributed by atoms with Crippen molar-refractivity contribution in [1.82, 2.24) is 10.8 Å². The molecule has 2 atom stereocenters. The monoisotopic (exact) mass is 238 g/mol. The molecule has 0 radical (unpaired) electrons. The van der Waals surface area contributed by atoms with Crippen molar-refractivity contribution in [2.24, 2.45) is 5.92 Å². The van der Waals surface area contributed by atoms with E-state index in [0.717, 1.165) is 19.3 Å². The second kappa shape index (κ2) is 4.10. The number of carbonyl (C=O) groups is 1. The quantitative estimate of drug-likeness (QED) is 0.564. The van der Waals surface area contributed by atoms with Crippen LogP contribution in [-0.2, 0) is 9.63 Å². The summed E-state index contributed by atoms with van der Waals surface area (Å²) in [5.41, 5.74) is 1.96. The summed E-state index contributed by atoms with van der Waals surface area (Å²) >= 11 is 0. The molecule has 2 fully saturated rings. The van der Waals surface area contributed by atoms with E-state index in [-0.39, 0.29) is 23.5 Å². The number of amides is 1. The first-order valence-corrected chi connectivity index (χ1v) is 6.25. The Balaban J connectivity index is 1.96. The number of carbonyl (C=O) groups excluding carboxylic acids is 1. The minimum absolute atomic E-state index is 0.0655. The molecule has 0 aromatic heterocycles. The van der Waals surface area contributed by atoms with Crippen molar-refractivity contribution in [1.29, 1.82) is 0 Å². The molecule has 0 unspecified atom stereocenters. The molecule has 2 N–H and O–H groups in total. The summed E-state index contributed by atoms with van der Waals surface area (Å²) in [6.45, 7) is 9.95. The van der Waals surface area contributed by atoms with Crippen LogP contribution in [0.2, 0.25) is 0 Å². The maximum atomic E-state index is 12.2. The van der Waals surface area contributed by atoms with Gasteiger partial charge in [0.15, 0.2) is 0 Å². The molecule has 0 spiro atoms. The van der Waals surface area contributed by atoms with Crippen LogP contribution in [-0.4, -0.2) is 23.1 Å². The van der Waals surface area contributed by atoms with Gasteiger partial charge in [-0.2, -0.15) is 0 Å². The van der Waals surface area contributed by atoms with Gasteiger partial charge in [-0.1, -0.05) is 6.08 Å². The van der Waals surface area contributed by atoms with Gasteiger partial charge in [0.05, 0.1) is 6.10 Å². The summed E-state index contributed by atoms with van der Waals surface area (Å²) in [6, 6.07) is 0. The zero-order chi connectivity index (χ0) is 12.7. The van der Waals surface area contributed by atoms with E-state index in [1.54, 1.807) is 0 Å². The zero-order valence-electron chi connectivity index (χ0n) is 10.9. The van der Waals surface area contributed by atoms with Crippen molar-refractivity contribution in [3.8, 4) is 0 Å². The predicted molar refractivity (Wildman–Crippen MR) is 66.2 cm³/mol. The average Bonchev–Trinajstić information content (AvgIpc) is 3.07. The second-order valence-corrected chi connectivity index (χ2v) is 6.14.